The van der Waals surface area contributed by atoms with E-state index in [4.69, 9.17) is 10.7 Å². The Morgan fingerprint density at radius 1 is 0.829 bits per heavy atom. The highest BCUT2D eigenvalue weighted by atomic mass is 32.2. The van der Waals surface area contributed by atoms with Crippen LogP contribution in [0.4, 0.5) is 5.69 Å². The third kappa shape index (κ3) is 9.63. The van der Waals surface area contributed by atoms with E-state index in [1.54, 1.807) is 11.3 Å². The van der Waals surface area contributed by atoms with Crippen LogP contribution in [0.5, 0.6) is 0 Å². The summed E-state index contributed by atoms with van der Waals surface area (Å²) in [6, 6.07) is 16.4. The van der Waals surface area contributed by atoms with Gasteiger partial charge in [-0.25, -0.2) is 4.98 Å². The van der Waals surface area contributed by atoms with E-state index in [0.29, 0.717) is 5.69 Å². The molecule has 4 rings (SSSR count). The maximum Gasteiger partial charge on any atom is 0.127 e. The van der Waals surface area contributed by atoms with E-state index in [9.17, 15) is 4.21 Å². The van der Waals surface area contributed by atoms with Gasteiger partial charge < -0.3 is 5.73 Å². The van der Waals surface area contributed by atoms with E-state index >= 15 is 0 Å². The average molecular weight is 587 g/mol. The maximum absolute atomic E-state index is 12.7. The highest BCUT2D eigenvalue weighted by Gasteiger charge is 2.22. The van der Waals surface area contributed by atoms with Crippen LogP contribution in [-0.2, 0) is 10.8 Å². The number of nitrogens with zero attached hydrogens (tertiary/aromatic N) is 1. The zero-order chi connectivity index (χ0) is 30.0. The van der Waals surface area contributed by atoms with Crippen molar-refractivity contribution in [2.45, 2.75) is 23.3 Å². The van der Waals surface area contributed by atoms with Gasteiger partial charge in [-0.05, 0) is 95.1 Å². The first kappa shape index (κ1) is 32.3. The first-order valence-corrected chi connectivity index (χ1v) is 14.9. The van der Waals surface area contributed by atoms with Crippen molar-refractivity contribution >= 4 is 49.4 Å². The van der Waals surface area contributed by atoms with Gasteiger partial charge in [-0.3, -0.25) is 4.21 Å². The molecule has 3 nitrogen and oxygen atoms in total. The fourth-order valence-electron chi connectivity index (χ4n) is 3.13. The molecular weight excluding hydrogens is 561 g/mol. The van der Waals surface area contributed by atoms with Crippen LogP contribution in [0.25, 0.3) is 31.9 Å². The monoisotopic (exact) mass is 586 g/mol. The van der Waals surface area contributed by atoms with Gasteiger partial charge in [0.2, 0.25) is 0 Å². The van der Waals surface area contributed by atoms with Crippen LogP contribution < -0.4 is 5.73 Å². The molecule has 6 heteroatoms. The van der Waals surface area contributed by atoms with E-state index in [0.717, 1.165) is 36.1 Å². The average Bonchev–Trinajstić information content (AvgIpc) is 3.65. The number of benzene rings is 1. The number of pyridine rings is 1. The molecule has 0 saturated heterocycles. The summed E-state index contributed by atoms with van der Waals surface area (Å²) in [7, 11) is -1.13. The number of anilines is 1. The normalized spacial score (nSPS) is 9.34. The van der Waals surface area contributed by atoms with Crippen LogP contribution in [0.1, 0.15) is 13.8 Å². The van der Waals surface area contributed by atoms with Crippen LogP contribution in [0.15, 0.2) is 147 Å². The van der Waals surface area contributed by atoms with Gasteiger partial charge >= 0.3 is 0 Å². The van der Waals surface area contributed by atoms with Gasteiger partial charge in [0.1, 0.15) is 9.04 Å². The van der Waals surface area contributed by atoms with Crippen LogP contribution in [0, 0.1) is 0 Å². The Kier molecular flexibility index (Phi) is 13.8. The molecule has 0 spiro atoms. The quantitative estimate of drug-likeness (QED) is 0.243. The Labute approximate surface area is 251 Å². The predicted molar refractivity (Wildman–Crippen MR) is 175 cm³/mol. The van der Waals surface area contributed by atoms with Crippen molar-refractivity contribution in [2.24, 2.45) is 0 Å². The highest BCUT2D eigenvalue weighted by Crippen LogP contribution is 2.43. The summed E-state index contributed by atoms with van der Waals surface area (Å²) in [6.07, 6.45) is 0. The smallest absolute Gasteiger partial charge is 0.127 e. The SMILES string of the molecule is C=C=C=C=C=C=C.C=C=C=C=C=C=C=C.CC(C)S(=O)c1sc2nc(-c3cccs3)cc(-c3ccccc3)c2c1N. The maximum atomic E-state index is 12.7. The minimum Gasteiger partial charge on any atom is -0.396 e. The Morgan fingerprint density at radius 3 is 1.88 bits per heavy atom. The van der Waals surface area contributed by atoms with Crippen LogP contribution in [0.3, 0.4) is 0 Å². The van der Waals surface area contributed by atoms with Gasteiger partial charge in [-0.15, -0.1) is 22.7 Å². The summed E-state index contributed by atoms with van der Waals surface area (Å²) < 4.78 is 13.4. The Bertz CT molecular complexity index is 1890. The van der Waals surface area contributed by atoms with E-state index < -0.39 is 10.8 Å². The van der Waals surface area contributed by atoms with Gasteiger partial charge in [0.15, 0.2) is 0 Å². The second-order valence-corrected chi connectivity index (χ2v) is 12.0. The topological polar surface area (TPSA) is 56.0 Å². The molecule has 3 heterocycles. The van der Waals surface area contributed by atoms with Gasteiger partial charge in [0, 0.05) is 10.6 Å². The summed E-state index contributed by atoms with van der Waals surface area (Å²) in [5, 5.41) is 2.97. The highest BCUT2D eigenvalue weighted by molar-refractivity contribution is 7.88. The van der Waals surface area contributed by atoms with Crippen molar-refractivity contribution in [3.8, 4) is 21.7 Å². The van der Waals surface area contributed by atoms with Crippen LogP contribution >= 0.6 is 22.7 Å². The van der Waals surface area contributed by atoms with Gasteiger partial charge in [-0.2, -0.15) is 0 Å². The molecule has 0 bridgehead atoms. The van der Waals surface area contributed by atoms with E-state index in [2.05, 4.69) is 114 Å². The molecular formula is C35H26N2OS3. The molecule has 3 aromatic heterocycles. The number of hydrogen-bond acceptors (Lipinski definition) is 5. The number of nitrogens with two attached hydrogens (primary N) is 1. The molecule has 1 aromatic carbocycles. The second kappa shape index (κ2) is 17.6. The van der Waals surface area contributed by atoms with Crippen molar-refractivity contribution in [3.05, 3.63) is 143 Å². The zero-order valence-electron chi connectivity index (χ0n) is 22.8. The van der Waals surface area contributed by atoms with E-state index in [1.807, 2.05) is 43.5 Å². The molecule has 1 atom stereocenters. The number of nitrogen functional groups attached to an aromatic ring is 1. The predicted octanol–water partition coefficient (Wildman–Crippen LogP) is 9.10. The Morgan fingerprint density at radius 2 is 1.39 bits per heavy atom. The summed E-state index contributed by atoms with van der Waals surface area (Å²) in [4.78, 5) is 6.80. The third-order valence-corrected chi connectivity index (χ3v) is 8.77. The number of aromatic nitrogens is 1. The van der Waals surface area contributed by atoms with Crippen molar-refractivity contribution < 1.29 is 4.21 Å². The number of rotatable bonds is 4. The Balaban J connectivity index is 0.000000325. The molecule has 0 aliphatic heterocycles. The minimum absolute atomic E-state index is 0.0160. The van der Waals surface area contributed by atoms with Gasteiger partial charge in [-0.1, -0.05) is 73.2 Å². The lowest BCUT2D eigenvalue weighted by Gasteiger charge is -2.08. The summed E-state index contributed by atoms with van der Waals surface area (Å²) in [5.74, 6) is 0. The third-order valence-electron chi connectivity index (χ3n) is 4.80. The molecule has 0 aliphatic carbocycles. The van der Waals surface area contributed by atoms with Gasteiger partial charge in [0.25, 0.3) is 0 Å². The summed E-state index contributed by atoms with van der Waals surface area (Å²) >= 11 is 3.11. The van der Waals surface area contributed by atoms with Crippen molar-refractivity contribution in [1.82, 2.24) is 4.98 Å². The second-order valence-electron chi connectivity index (χ2n) is 7.81. The molecule has 4 aromatic rings. The molecule has 200 valence electrons. The first-order chi connectivity index (χ1) is 19.9. The molecule has 1 unspecified atom stereocenters. The van der Waals surface area contributed by atoms with Crippen molar-refractivity contribution in [1.29, 1.82) is 0 Å². The molecule has 0 saturated carbocycles. The molecule has 0 aliphatic rings. The minimum atomic E-state index is -1.13. The van der Waals surface area contributed by atoms with Crippen LogP contribution in [-0.4, -0.2) is 14.4 Å². The summed E-state index contributed by atoms with van der Waals surface area (Å²) in [6.45, 7) is 16.9. The standard InChI is InChI=1S/C20H18N2OS3.C8H4.C7H4/c1-12(2)26(23)20-18(21)17-14(13-7-4-3-5-8-13)11-15(22-19(17)25-20)16-9-6-10-24-16;1-3-5-7-8-6-4-2;1-3-5-7-6-4-2/h3-12H,21H2,1-2H3;1-2H2;1-2H2. The van der Waals surface area contributed by atoms with E-state index in [-0.39, 0.29) is 5.25 Å². The lowest BCUT2D eigenvalue weighted by atomic mass is 10.0. The first-order valence-electron chi connectivity index (χ1n) is 12.0. The largest absolute Gasteiger partial charge is 0.396 e. The molecule has 0 fully saturated rings. The Hall–Kier alpha value is -4.96. The fourth-order valence-corrected chi connectivity index (χ4v) is 6.56. The molecule has 2 N–H and O–H groups in total. The lowest BCUT2D eigenvalue weighted by Crippen LogP contribution is -2.05. The van der Waals surface area contributed by atoms with Crippen LogP contribution in [0.2, 0.25) is 0 Å². The lowest BCUT2D eigenvalue weighted by molar-refractivity contribution is 0.678. The van der Waals surface area contributed by atoms with Gasteiger partial charge in [0.05, 0.1) is 27.1 Å². The number of hydrogen-bond donors (Lipinski definition) is 1. The van der Waals surface area contributed by atoms with Crippen molar-refractivity contribution in [2.75, 3.05) is 5.73 Å². The summed E-state index contributed by atoms with van der Waals surface area (Å²) in [5.41, 5.74) is 36.6. The zero-order valence-corrected chi connectivity index (χ0v) is 25.2. The van der Waals surface area contributed by atoms with Crippen molar-refractivity contribution in [3.63, 3.8) is 0 Å². The molecule has 0 radical (unpaired) electrons. The van der Waals surface area contributed by atoms with E-state index in [1.165, 1.54) is 11.3 Å². The molecule has 0 amide bonds. The molecule has 41 heavy (non-hydrogen) atoms. The fraction of sp³-hybridized carbons (Fsp3) is 0.0857. The number of fused-ring (bicyclic) bond motifs is 1. The number of thiophene rings is 2.